The standard InChI is InChI=1S/C22H38N4O5/c1-13(2)9-16(11-20(28)18(23)10-14(3)4)21(29)26-19(22(30)31-15(5)6)8-7-17(27)12-25-24/h12-16,18-19H,7-11,23H2,1-6H3,(H,26,29)/t16-,18+,19+/m1/s1. The molecule has 176 valence electrons. The maximum absolute atomic E-state index is 13.0. The normalized spacial score (nSPS) is 14.0. The summed E-state index contributed by atoms with van der Waals surface area (Å²) in [5.74, 6) is -2.04. The van der Waals surface area contributed by atoms with Crippen molar-refractivity contribution in [2.45, 2.75) is 91.8 Å². The predicted molar refractivity (Wildman–Crippen MR) is 117 cm³/mol. The lowest BCUT2D eigenvalue weighted by molar-refractivity contribution is -0.152. The largest absolute Gasteiger partial charge is 0.461 e. The molecule has 0 aromatic carbocycles. The topological polar surface area (TPSA) is 152 Å². The third-order valence-electron chi connectivity index (χ3n) is 4.55. The highest BCUT2D eigenvalue weighted by Crippen LogP contribution is 2.19. The van der Waals surface area contributed by atoms with Crippen LogP contribution in [0, 0.1) is 17.8 Å². The van der Waals surface area contributed by atoms with Crippen molar-refractivity contribution < 1.29 is 28.7 Å². The van der Waals surface area contributed by atoms with E-state index in [1.54, 1.807) is 13.8 Å². The number of hydrogen-bond acceptors (Lipinski definition) is 6. The van der Waals surface area contributed by atoms with Gasteiger partial charge < -0.3 is 21.3 Å². The summed E-state index contributed by atoms with van der Waals surface area (Å²) in [5.41, 5.74) is 14.4. The number of rotatable bonds is 15. The maximum Gasteiger partial charge on any atom is 0.328 e. The van der Waals surface area contributed by atoms with Crippen LogP contribution in [0.1, 0.15) is 73.6 Å². The first-order valence-corrected chi connectivity index (χ1v) is 10.9. The Morgan fingerprint density at radius 2 is 1.61 bits per heavy atom. The number of esters is 1. The Bertz CT molecular complexity index is 669. The Morgan fingerprint density at radius 1 is 1.03 bits per heavy atom. The van der Waals surface area contributed by atoms with Crippen LogP contribution in [0.5, 0.6) is 0 Å². The van der Waals surface area contributed by atoms with Gasteiger partial charge in [0.2, 0.25) is 11.7 Å². The minimum Gasteiger partial charge on any atom is -0.461 e. The first kappa shape index (κ1) is 28.6. The molecule has 3 atom stereocenters. The summed E-state index contributed by atoms with van der Waals surface area (Å²) in [7, 11) is 0. The number of nitrogens with zero attached hydrogens (tertiary/aromatic N) is 2. The van der Waals surface area contributed by atoms with Gasteiger partial charge in [-0.15, -0.1) is 0 Å². The Kier molecular flexibility index (Phi) is 13.5. The summed E-state index contributed by atoms with van der Waals surface area (Å²) in [6.07, 6.45) is 1.18. The van der Waals surface area contributed by atoms with E-state index in [0.29, 0.717) is 12.8 Å². The fourth-order valence-corrected chi connectivity index (χ4v) is 3.15. The number of ketones is 2. The Morgan fingerprint density at radius 3 is 2.10 bits per heavy atom. The van der Waals surface area contributed by atoms with Gasteiger partial charge in [0.1, 0.15) is 11.8 Å². The molecule has 0 aliphatic carbocycles. The smallest absolute Gasteiger partial charge is 0.328 e. The monoisotopic (exact) mass is 438 g/mol. The van der Waals surface area contributed by atoms with Gasteiger partial charge in [0.25, 0.3) is 0 Å². The van der Waals surface area contributed by atoms with Gasteiger partial charge in [0.05, 0.1) is 12.1 Å². The minimum absolute atomic E-state index is 0.0139. The lowest BCUT2D eigenvalue weighted by atomic mass is 9.88. The summed E-state index contributed by atoms with van der Waals surface area (Å²) in [6, 6.07) is -1.69. The van der Waals surface area contributed by atoms with Crippen LogP contribution in [0.2, 0.25) is 0 Å². The van der Waals surface area contributed by atoms with Crippen molar-refractivity contribution in [3.8, 4) is 0 Å². The molecule has 0 saturated heterocycles. The number of nitrogens with one attached hydrogen (secondary N) is 1. The summed E-state index contributed by atoms with van der Waals surface area (Å²) >= 11 is 0. The van der Waals surface area contributed by atoms with Gasteiger partial charge >= 0.3 is 12.2 Å². The van der Waals surface area contributed by atoms with Crippen molar-refractivity contribution in [2.75, 3.05) is 0 Å². The van der Waals surface area contributed by atoms with Crippen LogP contribution in [0.15, 0.2) is 0 Å². The van der Waals surface area contributed by atoms with Crippen LogP contribution in [-0.2, 0) is 23.9 Å². The lowest BCUT2D eigenvalue weighted by Crippen LogP contribution is -2.46. The maximum atomic E-state index is 13.0. The fraction of sp³-hybridized carbons (Fsp3) is 0.773. The highest BCUT2D eigenvalue weighted by atomic mass is 16.5. The second-order valence-corrected chi connectivity index (χ2v) is 9.03. The van der Waals surface area contributed by atoms with E-state index in [0.717, 1.165) is 6.21 Å². The van der Waals surface area contributed by atoms with Crippen molar-refractivity contribution in [1.29, 1.82) is 0 Å². The number of carbonyl (C=O) groups is 4. The first-order chi connectivity index (χ1) is 14.4. The third kappa shape index (κ3) is 12.8. The molecule has 0 fully saturated rings. The summed E-state index contributed by atoms with van der Waals surface area (Å²) < 4.78 is 5.19. The molecular formula is C22H38N4O5. The molecule has 0 saturated carbocycles. The van der Waals surface area contributed by atoms with Gasteiger partial charge in [-0.2, -0.15) is 4.79 Å². The van der Waals surface area contributed by atoms with Crippen molar-refractivity contribution >= 4 is 29.7 Å². The molecule has 31 heavy (non-hydrogen) atoms. The average molecular weight is 439 g/mol. The number of nitrogens with two attached hydrogens (primary N) is 1. The van der Waals surface area contributed by atoms with Crippen LogP contribution >= 0.6 is 0 Å². The fourth-order valence-electron chi connectivity index (χ4n) is 3.15. The Balaban J connectivity index is 5.38. The molecule has 0 aromatic heterocycles. The number of hydrogen-bond donors (Lipinski definition) is 2. The molecule has 9 heteroatoms. The quantitative estimate of drug-likeness (QED) is 0.173. The highest BCUT2D eigenvalue weighted by Gasteiger charge is 2.30. The average Bonchev–Trinajstić information content (AvgIpc) is 2.62. The minimum atomic E-state index is -1.06. The van der Waals surface area contributed by atoms with E-state index < -0.39 is 41.8 Å². The van der Waals surface area contributed by atoms with Crippen LogP contribution in [0.3, 0.4) is 0 Å². The predicted octanol–water partition coefficient (Wildman–Crippen LogP) is 2.07. The van der Waals surface area contributed by atoms with Crippen molar-refractivity contribution in [1.82, 2.24) is 5.32 Å². The van der Waals surface area contributed by atoms with Gasteiger partial charge in [-0.3, -0.25) is 14.4 Å². The van der Waals surface area contributed by atoms with E-state index in [1.807, 2.05) is 27.7 Å². The van der Waals surface area contributed by atoms with Gasteiger partial charge in [0, 0.05) is 18.8 Å². The van der Waals surface area contributed by atoms with Crippen LogP contribution in [0.25, 0.3) is 5.53 Å². The van der Waals surface area contributed by atoms with Crippen molar-refractivity contribution in [2.24, 2.45) is 23.5 Å². The van der Waals surface area contributed by atoms with Crippen molar-refractivity contribution in [3.63, 3.8) is 0 Å². The first-order valence-electron chi connectivity index (χ1n) is 10.9. The van der Waals surface area contributed by atoms with Crippen LogP contribution in [0.4, 0.5) is 0 Å². The molecule has 3 N–H and O–H groups in total. The zero-order valence-corrected chi connectivity index (χ0v) is 19.6. The molecule has 0 aliphatic heterocycles. The molecule has 0 bridgehead atoms. The number of Topliss-reactive ketones (excluding diaryl/α,β-unsaturated/α-hetero) is 2. The second-order valence-electron chi connectivity index (χ2n) is 9.03. The van der Waals surface area contributed by atoms with E-state index in [2.05, 4.69) is 10.1 Å². The van der Waals surface area contributed by atoms with Gasteiger partial charge in [0.15, 0.2) is 0 Å². The highest BCUT2D eigenvalue weighted by molar-refractivity contribution is 6.25. The zero-order chi connectivity index (χ0) is 24.1. The van der Waals surface area contributed by atoms with Gasteiger partial charge in [-0.1, -0.05) is 27.7 Å². The van der Waals surface area contributed by atoms with E-state index in [9.17, 15) is 19.2 Å². The van der Waals surface area contributed by atoms with Gasteiger partial charge in [-0.25, -0.2) is 4.79 Å². The molecule has 0 rings (SSSR count). The van der Waals surface area contributed by atoms with E-state index in [-0.39, 0.29) is 36.9 Å². The zero-order valence-electron chi connectivity index (χ0n) is 19.6. The molecule has 0 aliphatic rings. The molecule has 0 unspecified atom stereocenters. The molecular weight excluding hydrogens is 400 g/mol. The summed E-state index contributed by atoms with van der Waals surface area (Å²) in [6.45, 7) is 11.2. The number of carbonyl (C=O) groups excluding carboxylic acids is 4. The SMILES string of the molecule is CC(C)C[C@H](CC(=O)[C@@H](N)CC(C)C)C(=O)N[C@@H](CCC(=O)C=[N+]=[N-])C(=O)OC(C)C. The van der Waals surface area contributed by atoms with Crippen molar-refractivity contribution in [3.05, 3.63) is 5.53 Å². The molecule has 0 heterocycles. The summed E-state index contributed by atoms with van der Waals surface area (Å²) in [5, 5.41) is 2.64. The van der Waals surface area contributed by atoms with E-state index >= 15 is 0 Å². The molecule has 9 nitrogen and oxygen atoms in total. The number of ether oxygens (including phenoxy) is 1. The van der Waals surface area contributed by atoms with Gasteiger partial charge in [-0.05, 0) is 44.9 Å². The molecule has 0 spiro atoms. The molecule has 0 aromatic rings. The molecule has 1 amide bonds. The van der Waals surface area contributed by atoms with E-state index in [1.165, 1.54) is 0 Å². The van der Waals surface area contributed by atoms with E-state index in [4.69, 9.17) is 16.0 Å². The summed E-state index contributed by atoms with van der Waals surface area (Å²) in [4.78, 5) is 52.3. The van der Waals surface area contributed by atoms with Crippen LogP contribution < -0.4 is 11.1 Å². The Labute approximate surface area is 185 Å². The van der Waals surface area contributed by atoms with Crippen LogP contribution in [-0.4, -0.2) is 52.6 Å². The number of amides is 1. The lowest BCUT2D eigenvalue weighted by Gasteiger charge is -2.24. The third-order valence-corrected chi connectivity index (χ3v) is 4.55. The second kappa shape index (κ2) is 14.6. The molecule has 0 radical (unpaired) electrons. The Hall–Kier alpha value is -2.38.